The molecule has 5 nitrogen and oxygen atoms in total. The van der Waals surface area contributed by atoms with Crippen LogP contribution in [0.3, 0.4) is 0 Å². The van der Waals surface area contributed by atoms with Gasteiger partial charge in [-0.2, -0.15) is 0 Å². The number of fused-ring (bicyclic) bond motifs is 1. The average molecular weight is 317 g/mol. The molecule has 1 aliphatic heterocycles. The number of aliphatic hydroxyl groups excluding tert-OH is 1. The zero-order valence-corrected chi connectivity index (χ0v) is 13.4. The number of carbonyl (C=O) groups excluding carboxylic acids is 2. The first-order valence-corrected chi connectivity index (χ1v) is 8.30. The Kier molecular flexibility index (Phi) is 4.66. The van der Waals surface area contributed by atoms with Gasteiger partial charge >= 0.3 is 5.97 Å². The largest absolute Gasteiger partial charge is 0.460 e. The van der Waals surface area contributed by atoms with Crippen molar-refractivity contribution in [2.75, 3.05) is 6.54 Å². The lowest BCUT2D eigenvalue weighted by Crippen LogP contribution is -2.30. The maximum atomic E-state index is 12.1. The Morgan fingerprint density at radius 1 is 1.39 bits per heavy atom. The van der Waals surface area contributed by atoms with Gasteiger partial charge in [-0.1, -0.05) is 24.6 Å². The van der Waals surface area contributed by atoms with Gasteiger partial charge in [-0.25, -0.2) is 0 Å². The summed E-state index contributed by atoms with van der Waals surface area (Å²) in [7, 11) is 0. The molecule has 3 unspecified atom stereocenters. The first-order valence-electron chi connectivity index (χ1n) is 8.30. The van der Waals surface area contributed by atoms with Crippen molar-refractivity contribution < 1.29 is 19.4 Å². The van der Waals surface area contributed by atoms with Crippen LogP contribution in [0.2, 0.25) is 0 Å². The zero-order chi connectivity index (χ0) is 16.4. The Labute approximate surface area is 136 Å². The highest BCUT2D eigenvalue weighted by molar-refractivity contribution is 5.80. The summed E-state index contributed by atoms with van der Waals surface area (Å²) in [5, 5.41) is 13.0. The fourth-order valence-electron chi connectivity index (χ4n) is 3.49. The standard InChI is InChI=1S/C18H23NO4/c1-11(20)19-10-14-9-16(18(22)23-14)13-7-6-12-4-2-3-5-17(21)15(12)8-13/h6-8,14,16-17,21H,2-5,9-10H2,1H3,(H,19,20). The number of benzene rings is 1. The van der Waals surface area contributed by atoms with E-state index in [9.17, 15) is 14.7 Å². The molecule has 1 fully saturated rings. The van der Waals surface area contributed by atoms with Crippen molar-refractivity contribution in [1.82, 2.24) is 5.32 Å². The lowest BCUT2D eigenvalue weighted by Gasteiger charge is -2.15. The van der Waals surface area contributed by atoms with Crippen molar-refractivity contribution in [2.45, 2.75) is 57.2 Å². The van der Waals surface area contributed by atoms with E-state index >= 15 is 0 Å². The smallest absolute Gasteiger partial charge is 0.313 e. The Hall–Kier alpha value is -1.88. The minimum Gasteiger partial charge on any atom is -0.460 e. The molecular weight excluding hydrogens is 294 g/mol. The third-order valence-corrected chi connectivity index (χ3v) is 4.75. The highest BCUT2D eigenvalue weighted by Gasteiger charge is 2.36. The average Bonchev–Trinajstić information content (AvgIpc) is 2.80. The van der Waals surface area contributed by atoms with Gasteiger partial charge in [0.05, 0.1) is 18.6 Å². The first-order chi connectivity index (χ1) is 11.0. The van der Waals surface area contributed by atoms with E-state index in [1.807, 2.05) is 18.2 Å². The molecule has 0 spiro atoms. The second-order valence-electron chi connectivity index (χ2n) is 6.50. The van der Waals surface area contributed by atoms with Crippen molar-refractivity contribution in [3.8, 4) is 0 Å². The predicted molar refractivity (Wildman–Crippen MR) is 84.9 cm³/mol. The molecule has 1 aromatic carbocycles. The summed E-state index contributed by atoms with van der Waals surface area (Å²) < 4.78 is 5.36. The number of amides is 1. The molecule has 0 radical (unpaired) electrons. The molecule has 3 atom stereocenters. The van der Waals surface area contributed by atoms with Gasteiger partial charge < -0.3 is 15.2 Å². The number of nitrogens with one attached hydrogen (secondary N) is 1. The molecule has 1 heterocycles. The topological polar surface area (TPSA) is 75.6 Å². The SMILES string of the molecule is CC(=O)NCC1CC(c2ccc3c(c2)C(O)CCCC3)C(=O)O1. The van der Waals surface area contributed by atoms with E-state index in [0.717, 1.165) is 36.8 Å². The summed E-state index contributed by atoms with van der Waals surface area (Å²) in [4.78, 5) is 23.1. The second kappa shape index (κ2) is 6.71. The quantitative estimate of drug-likeness (QED) is 0.660. The molecule has 5 heteroatoms. The number of cyclic esters (lactones) is 1. The number of carbonyl (C=O) groups is 2. The van der Waals surface area contributed by atoms with Crippen LogP contribution in [0.5, 0.6) is 0 Å². The normalized spacial score (nSPS) is 27.0. The number of ether oxygens (including phenoxy) is 1. The van der Waals surface area contributed by atoms with E-state index in [4.69, 9.17) is 4.74 Å². The molecule has 0 aromatic heterocycles. The molecule has 1 saturated heterocycles. The number of esters is 1. The van der Waals surface area contributed by atoms with Crippen molar-refractivity contribution in [1.29, 1.82) is 0 Å². The van der Waals surface area contributed by atoms with E-state index in [0.29, 0.717) is 13.0 Å². The molecule has 0 bridgehead atoms. The van der Waals surface area contributed by atoms with Crippen LogP contribution in [0.15, 0.2) is 18.2 Å². The van der Waals surface area contributed by atoms with Gasteiger partial charge in [0.1, 0.15) is 6.10 Å². The van der Waals surface area contributed by atoms with Crippen molar-refractivity contribution in [3.63, 3.8) is 0 Å². The van der Waals surface area contributed by atoms with E-state index in [2.05, 4.69) is 5.32 Å². The second-order valence-corrected chi connectivity index (χ2v) is 6.50. The van der Waals surface area contributed by atoms with E-state index in [-0.39, 0.29) is 23.9 Å². The Morgan fingerprint density at radius 2 is 2.22 bits per heavy atom. The molecule has 2 N–H and O–H groups in total. The highest BCUT2D eigenvalue weighted by Crippen LogP contribution is 2.35. The Bertz CT molecular complexity index is 613. The van der Waals surface area contributed by atoms with Crippen molar-refractivity contribution in [2.24, 2.45) is 0 Å². The lowest BCUT2D eigenvalue weighted by molar-refractivity contribution is -0.142. The van der Waals surface area contributed by atoms with Crippen LogP contribution in [-0.4, -0.2) is 29.6 Å². The van der Waals surface area contributed by atoms with Gasteiger partial charge in [-0.15, -0.1) is 0 Å². The molecule has 1 aromatic rings. The van der Waals surface area contributed by atoms with Crippen LogP contribution in [0.4, 0.5) is 0 Å². The number of hydrogen-bond acceptors (Lipinski definition) is 4. The number of hydrogen-bond donors (Lipinski definition) is 2. The predicted octanol–water partition coefficient (Wildman–Crippen LogP) is 1.98. The van der Waals surface area contributed by atoms with E-state index in [1.165, 1.54) is 12.5 Å². The van der Waals surface area contributed by atoms with Gasteiger partial charge in [0.25, 0.3) is 0 Å². The first kappa shape index (κ1) is 16.0. The summed E-state index contributed by atoms with van der Waals surface area (Å²) in [5.74, 6) is -0.685. The number of aliphatic hydroxyl groups is 1. The van der Waals surface area contributed by atoms with Gasteiger partial charge in [0, 0.05) is 13.3 Å². The van der Waals surface area contributed by atoms with Crippen LogP contribution in [0, 0.1) is 0 Å². The fourth-order valence-corrected chi connectivity index (χ4v) is 3.49. The van der Waals surface area contributed by atoms with Gasteiger partial charge in [-0.05, 0) is 36.0 Å². The molecule has 1 amide bonds. The summed E-state index contributed by atoms with van der Waals surface area (Å²) in [6, 6.07) is 5.98. The third-order valence-electron chi connectivity index (χ3n) is 4.75. The van der Waals surface area contributed by atoms with Crippen LogP contribution in [0.1, 0.15) is 61.3 Å². The fraction of sp³-hybridized carbons (Fsp3) is 0.556. The third kappa shape index (κ3) is 3.55. The van der Waals surface area contributed by atoms with Crippen molar-refractivity contribution >= 4 is 11.9 Å². The van der Waals surface area contributed by atoms with Gasteiger partial charge in [0.15, 0.2) is 0 Å². The highest BCUT2D eigenvalue weighted by atomic mass is 16.6. The van der Waals surface area contributed by atoms with Crippen LogP contribution in [0.25, 0.3) is 0 Å². The maximum absolute atomic E-state index is 12.1. The van der Waals surface area contributed by atoms with Gasteiger partial charge in [-0.3, -0.25) is 9.59 Å². The minimum absolute atomic E-state index is 0.127. The number of aryl methyl sites for hydroxylation is 1. The van der Waals surface area contributed by atoms with Crippen LogP contribution >= 0.6 is 0 Å². The molecule has 0 saturated carbocycles. The van der Waals surface area contributed by atoms with Gasteiger partial charge in [0.2, 0.25) is 5.91 Å². The van der Waals surface area contributed by atoms with Crippen molar-refractivity contribution in [3.05, 3.63) is 34.9 Å². The molecule has 3 rings (SSSR count). The Balaban J connectivity index is 1.77. The summed E-state index contributed by atoms with van der Waals surface area (Å²) >= 11 is 0. The van der Waals surface area contributed by atoms with Crippen LogP contribution in [-0.2, 0) is 20.7 Å². The molecule has 124 valence electrons. The molecule has 1 aliphatic carbocycles. The zero-order valence-electron chi connectivity index (χ0n) is 13.4. The Morgan fingerprint density at radius 3 is 3.00 bits per heavy atom. The molecule has 2 aliphatic rings. The van der Waals surface area contributed by atoms with E-state index in [1.54, 1.807) is 0 Å². The molecular formula is C18H23NO4. The summed E-state index contributed by atoms with van der Waals surface area (Å²) in [6.07, 6.45) is 3.71. The maximum Gasteiger partial charge on any atom is 0.313 e. The van der Waals surface area contributed by atoms with E-state index < -0.39 is 6.10 Å². The lowest BCUT2D eigenvalue weighted by atomic mass is 9.90. The van der Waals surface area contributed by atoms with Crippen LogP contribution < -0.4 is 5.32 Å². The number of rotatable bonds is 3. The monoisotopic (exact) mass is 317 g/mol. The summed E-state index contributed by atoms with van der Waals surface area (Å²) in [5.41, 5.74) is 3.04. The minimum atomic E-state index is -0.444. The molecule has 23 heavy (non-hydrogen) atoms. The summed E-state index contributed by atoms with van der Waals surface area (Å²) in [6.45, 7) is 1.80.